The third-order valence-corrected chi connectivity index (χ3v) is 5.13. The zero-order chi connectivity index (χ0) is 12.7. The van der Waals surface area contributed by atoms with Crippen molar-refractivity contribution in [3.63, 3.8) is 0 Å². The standard InChI is InChI=1S/C14H26N2O/c1-4-5-6-7-10(2)14-9-13(14,3)8-11(16-14)12(15)17/h10-11,16H,4-9H2,1-3H3,(H2,15,17)/t10-,11?,13?,14?/m1/s1. The number of carbonyl (C=O) groups is 1. The van der Waals surface area contributed by atoms with Gasteiger partial charge in [-0.05, 0) is 30.6 Å². The van der Waals surface area contributed by atoms with Gasteiger partial charge in [0.2, 0.25) is 5.91 Å². The molecule has 0 aromatic carbocycles. The Hall–Kier alpha value is -0.570. The largest absolute Gasteiger partial charge is 0.368 e. The van der Waals surface area contributed by atoms with Crippen molar-refractivity contribution in [3.8, 4) is 0 Å². The highest BCUT2D eigenvalue weighted by Crippen LogP contribution is 2.67. The lowest BCUT2D eigenvalue weighted by molar-refractivity contribution is -0.120. The number of fused-ring (bicyclic) bond motifs is 1. The number of hydrogen-bond acceptors (Lipinski definition) is 2. The zero-order valence-electron chi connectivity index (χ0n) is 11.4. The molecule has 3 heteroatoms. The van der Waals surface area contributed by atoms with E-state index in [9.17, 15) is 4.79 Å². The second-order valence-corrected chi connectivity index (χ2v) is 6.41. The molecule has 1 saturated carbocycles. The SMILES string of the molecule is CCCCC[C@@H](C)C12CC1(C)CC(C(N)=O)N2. The molecule has 0 radical (unpaired) electrons. The monoisotopic (exact) mass is 238 g/mol. The summed E-state index contributed by atoms with van der Waals surface area (Å²) in [5, 5.41) is 3.53. The van der Waals surface area contributed by atoms with E-state index in [-0.39, 0.29) is 17.5 Å². The number of nitrogens with two attached hydrogens (primary N) is 1. The average molecular weight is 238 g/mol. The molecule has 1 heterocycles. The smallest absolute Gasteiger partial charge is 0.234 e. The minimum absolute atomic E-state index is 0.0950. The molecule has 2 fully saturated rings. The van der Waals surface area contributed by atoms with Crippen LogP contribution in [-0.2, 0) is 4.79 Å². The molecule has 0 aromatic rings. The van der Waals surface area contributed by atoms with Gasteiger partial charge in [0, 0.05) is 5.54 Å². The maximum atomic E-state index is 11.3. The maximum absolute atomic E-state index is 11.3. The van der Waals surface area contributed by atoms with E-state index in [1.807, 2.05) is 0 Å². The van der Waals surface area contributed by atoms with E-state index < -0.39 is 0 Å². The molecular formula is C14H26N2O. The molecule has 0 aromatic heterocycles. The van der Waals surface area contributed by atoms with E-state index in [1.54, 1.807) is 0 Å². The van der Waals surface area contributed by atoms with E-state index in [1.165, 1.54) is 32.1 Å². The summed E-state index contributed by atoms with van der Waals surface area (Å²) >= 11 is 0. The van der Waals surface area contributed by atoms with Gasteiger partial charge in [0.25, 0.3) is 0 Å². The molecule has 98 valence electrons. The third kappa shape index (κ3) is 1.99. The molecule has 1 saturated heterocycles. The van der Waals surface area contributed by atoms with Crippen LogP contribution in [0.15, 0.2) is 0 Å². The highest BCUT2D eigenvalue weighted by Gasteiger charge is 2.71. The predicted molar refractivity (Wildman–Crippen MR) is 69.5 cm³/mol. The Bertz CT molecular complexity index is 317. The molecule has 2 rings (SSSR count). The van der Waals surface area contributed by atoms with Gasteiger partial charge in [-0.15, -0.1) is 0 Å². The first-order valence-electron chi connectivity index (χ1n) is 7.02. The lowest BCUT2D eigenvalue weighted by Gasteiger charge is -2.25. The predicted octanol–water partition coefficient (Wildman–Crippen LogP) is 2.20. The lowest BCUT2D eigenvalue weighted by Crippen LogP contribution is -2.46. The highest BCUT2D eigenvalue weighted by atomic mass is 16.1. The van der Waals surface area contributed by atoms with Gasteiger partial charge in [-0.2, -0.15) is 0 Å². The van der Waals surface area contributed by atoms with Crippen LogP contribution in [0.1, 0.15) is 59.3 Å². The molecule has 0 spiro atoms. The lowest BCUT2D eigenvalue weighted by atomic mass is 9.88. The molecule has 1 aliphatic heterocycles. The Kier molecular flexibility index (Phi) is 3.23. The van der Waals surface area contributed by atoms with Crippen molar-refractivity contribution in [3.05, 3.63) is 0 Å². The fraction of sp³-hybridized carbons (Fsp3) is 0.929. The summed E-state index contributed by atoms with van der Waals surface area (Å²) in [6, 6.07) is -0.0950. The topological polar surface area (TPSA) is 55.1 Å². The summed E-state index contributed by atoms with van der Waals surface area (Å²) in [6.07, 6.45) is 7.31. The Balaban J connectivity index is 1.94. The van der Waals surface area contributed by atoms with Gasteiger partial charge >= 0.3 is 0 Å². The molecule has 4 atom stereocenters. The van der Waals surface area contributed by atoms with E-state index in [4.69, 9.17) is 5.73 Å². The van der Waals surface area contributed by atoms with Gasteiger partial charge in [0.05, 0.1) is 6.04 Å². The number of nitrogens with one attached hydrogen (secondary N) is 1. The van der Waals surface area contributed by atoms with Crippen molar-refractivity contribution < 1.29 is 4.79 Å². The number of hydrogen-bond donors (Lipinski definition) is 2. The molecule has 3 N–H and O–H groups in total. The normalized spacial score (nSPS) is 41.0. The zero-order valence-corrected chi connectivity index (χ0v) is 11.4. The van der Waals surface area contributed by atoms with Gasteiger partial charge in [0.15, 0.2) is 0 Å². The molecule has 17 heavy (non-hydrogen) atoms. The first kappa shape index (κ1) is 12.9. The Morgan fingerprint density at radius 2 is 2.24 bits per heavy atom. The van der Waals surface area contributed by atoms with Gasteiger partial charge in [0.1, 0.15) is 0 Å². The number of rotatable bonds is 6. The van der Waals surface area contributed by atoms with Gasteiger partial charge in [-0.3, -0.25) is 10.1 Å². The number of piperidine rings is 1. The Morgan fingerprint density at radius 1 is 1.53 bits per heavy atom. The molecule has 2 aliphatic rings. The third-order valence-electron chi connectivity index (χ3n) is 5.13. The maximum Gasteiger partial charge on any atom is 0.234 e. The summed E-state index contributed by atoms with van der Waals surface area (Å²) in [6.45, 7) is 6.87. The number of primary amides is 1. The van der Waals surface area contributed by atoms with Crippen molar-refractivity contribution in [1.82, 2.24) is 5.32 Å². The van der Waals surface area contributed by atoms with E-state index >= 15 is 0 Å². The van der Waals surface area contributed by atoms with Gasteiger partial charge < -0.3 is 5.73 Å². The first-order valence-corrected chi connectivity index (χ1v) is 7.02. The molecule has 1 amide bonds. The average Bonchev–Trinajstić information content (AvgIpc) is 2.73. The minimum atomic E-state index is -0.182. The van der Waals surface area contributed by atoms with Crippen LogP contribution in [0.3, 0.4) is 0 Å². The Labute approximate surface area is 105 Å². The van der Waals surface area contributed by atoms with Crippen LogP contribution in [0.25, 0.3) is 0 Å². The van der Waals surface area contributed by atoms with Crippen molar-refractivity contribution >= 4 is 5.91 Å². The second-order valence-electron chi connectivity index (χ2n) is 6.41. The van der Waals surface area contributed by atoms with Crippen molar-refractivity contribution in [2.24, 2.45) is 17.1 Å². The summed E-state index contributed by atoms with van der Waals surface area (Å²) in [5.41, 5.74) is 5.95. The first-order chi connectivity index (χ1) is 7.95. The van der Waals surface area contributed by atoms with Crippen LogP contribution in [0.4, 0.5) is 0 Å². The van der Waals surface area contributed by atoms with Gasteiger partial charge in [-0.1, -0.05) is 40.0 Å². The molecule has 3 unspecified atom stereocenters. The van der Waals surface area contributed by atoms with Crippen molar-refractivity contribution in [2.75, 3.05) is 0 Å². The summed E-state index contributed by atoms with van der Waals surface area (Å²) < 4.78 is 0. The Morgan fingerprint density at radius 3 is 2.76 bits per heavy atom. The summed E-state index contributed by atoms with van der Waals surface area (Å²) in [7, 11) is 0. The molecule has 3 nitrogen and oxygen atoms in total. The van der Waals surface area contributed by atoms with Crippen molar-refractivity contribution in [1.29, 1.82) is 0 Å². The fourth-order valence-electron chi connectivity index (χ4n) is 3.89. The second kappa shape index (κ2) is 4.27. The van der Waals surface area contributed by atoms with E-state index in [0.717, 1.165) is 6.42 Å². The van der Waals surface area contributed by atoms with Crippen LogP contribution < -0.4 is 11.1 Å². The van der Waals surface area contributed by atoms with Crippen LogP contribution in [0.5, 0.6) is 0 Å². The highest BCUT2D eigenvalue weighted by molar-refractivity contribution is 5.81. The van der Waals surface area contributed by atoms with Crippen LogP contribution >= 0.6 is 0 Å². The molecule has 1 aliphatic carbocycles. The van der Waals surface area contributed by atoms with E-state index in [0.29, 0.717) is 11.3 Å². The fourth-order valence-corrected chi connectivity index (χ4v) is 3.89. The van der Waals surface area contributed by atoms with Gasteiger partial charge in [-0.25, -0.2) is 0 Å². The number of carbonyl (C=O) groups excluding carboxylic acids is 1. The van der Waals surface area contributed by atoms with Crippen LogP contribution in [0, 0.1) is 11.3 Å². The van der Waals surface area contributed by atoms with Crippen LogP contribution in [-0.4, -0.2) is 17.5 Å². The molecule has 0 bridgehead atoms. The summed E-state index contributed by atoms with van der Waals surface area (Å²) in [4.78, 5) is 11.3. The molecular weight excluding hydrogens is 212 g/mol. The van der Waals surface area contributed by atoms with E-state index in [2.05, 4.69) is 26.1 Å². The summed E-state index contributed by atoms with van der Waals surface area (Å²) in [5.74, 6) is 0.474. The van der Waals surface area contributed by atoms with Crippen LogP contribution in [0.2, 0.25) is 0 Å². The minimum Gasteiger partial charge on any atom is -0.368 e. The van der Waals surface area contributed by atoms with Crippen molar-refractivity contribution in [2.45, 2.75) is 70.9 Å². The number of amides is 1. The quantitative estimate of drug-likeness (QED) is 0.697. The number of unbranched alkanes of at least 4 members (excludes halogenated alkanes) is 2.